The third kappa shape index (κ3) is 4.94. The van der Waals surface area contributed by atoms with Crippen molar-refractivity contribution in [1.82, 2.24) is 10.2 Å². The second kappa shape index (κ2) is 7.34. The maximum absolute atomic E-state index is 5.90. The molecule has 1 rings (SSSR count). The van der Waals surface area contributed by atoms with Crippen LogP contribution in [0, 0.1) is 11.8 Å². The predicted octanol–water partition coefficient (Wildman–Crippen LogP) is 1.68. The zero-order valence-corrected chi connectivity index (χ0v) is 12.1. The van der Waals surface area contributed by atoms with E-state index in [4.69, 9.17) is 5.73 Å². The standard InChI is InChI=1S/C14H31N3/c1-11(2)14(10-17(3)4)16-13-8-6-5-7-12(13)9-15/h11-14,16H,5-10,15H2,1-4H3. The maximum atomic E-state index is 5.90. The molecule has 0 radical (unpaired) electrons. The van der Waals surface area contributed by atoms with E-state index in [1.165, 1.54) is 25.7 Å². The number of nitrogens with zero attached hydrogens (tertiary/aromatic N) is 1. The van der Waals surface area contributed by atoms with Crippen molar-refractivity contribution >= 4 is 0 Å². The molecule has 3 unspecified atom stereocenters. The van der Waals surface area contributed by atoms with E-state index < -0.39 is 0 Å². The van der Waals surface area contributed by atoms with Gasteiger partial charge in [0.1, 0.15) is 0 Å². The first-order valence-electron chi connectivity index (χ1n) is 7.15. The van der Waals surface area contributed by atoms with Crippen molar-refractivity contribution in [2.75, 3.05) is 27.2 Å². The summed E-state index contributed by atoms with van der Waals surface area (Å²) in [5.41, 5.74) is 5.90. The molecular formula is C14H31N3. The van der Waals surface area contributed by atoms with Gasteiger partial charge < -0.3 is 16.0 Å². The van der Waals surface area contributed by atoms with E-state index in [2.05, 4.69) is 38.2 Å². The number of nitrogens with one attached hydrogen (secondary N) is 1. The third-order valence-electron chi connectivity index (χ3n) is 4.01. The number of hydrogen-bond donors (Lipinski definition) is 2. The second-order valence-corrected chi connectivity index (χ2v) is 6.17. The Bertz CT molecular complexity index is 204. The molecule has 102 valence electrons. The van der Waals surface area contributed by atoms with Gasteiger partial charge in [0.15, 0.2) is 0 Å². The molecule has 0 spiro atoms. The van der Waals surface area contributed by atoms with Gasteiger partial charge in [-0.3, -0.25) is 0 Å². The maximum Gasteiger partial charge on any atom is 0.0220 e. The van der Waals surface area contributed by atoms with Crippen molar-refractivity contribution in [2.24, 2.45) is 17.6 Å². The average molecular weight is 241 g/mol. The molecule has 1 fully saturated rings. The average Bonchev–Trinajstić information content (AvgIpc) is 2.28. The Morgan fingerprint density at radius 1 is 1.24 bits per heavy atom. The molecule has 0 aromatic heterocycles. The Kier molecular flexibility index (Phi) is 6.45. The molecule has 1 aliphatic rings. The smallest absolute Gasteiger partial charge is 0.0220 e. The fraction of sp³-hybridized carbons (Fsp3) is 1.00. The van der Waals surface area contributed by atoms with Gasteiger partial charge >= 0.3 is 0 Å². The molecule has 3 atom stereocenters. The minimum absolute atomic E-state index is 0.585. The minimum Gasteiger partial charge on any atom is -0.330 e. The predicted molar refractivity (Wildman–Crippen MR) is 75.1 cm³/mol. The van der Waals surface area contributed by atoms with Gasteiger partial charge in [0.25, 0.3) is 0 Å². The molecule has 0 aliphatic heterocycles. The topological polar surface area (TPSA) is 41.3 Å². The van der Waals surface area contributed by atoms with Crippen LogP contribution in [0.2, 0.25) is 0 Å². The number of nitrogens with two attached hydrogens (primary N) is 1. The van der Waals surface area contributed by atoms with Gasteiger partial charge in [-0.2, -0.15) is 0 Å². The largest absolute Gasteiger partial charge is 0.330 e. The van der Waals surface area contributed by atoms with Crippen LogP contribution in [0.5, 0.6) is 0 Å². The fourth-order valence-electron chi connectivity index (χ4n) is 2.83. The Morgan fingerprint density at radius 2 is 1.88 bits per heavy atom. The molecule has 1 saturated carbocycles. The van der Waals surface area contributed by atoms with Crippen LogP contribution in [0.1, 0.15) is 39.5 Å². The minimum atomic E-state index is 0.585. The normalized spacial score (nSPS) is 27.7. The molecule has 0 aromatic rings. The highest BCUT2D eigenvalue weighted by atomic mass is 15.1. The van der Waals surface area contributed by atoms with E-state index in [-0.39, 0.29) is 0 Å². The lowest BCUT2D eigenvalue weighted by Crippen LogP contribution is -2.51. The van der Waals surface area contributed by atoms with Crippen LogP contribution in [0.3, 0.4) is 0 Å². The molecule has 0 heterocycles. The van der Waals surface area contributed by atoms with Crippen LogP contribution >= 0.6 is 0 Å². The van der Waals surface area contributed by atoms with Crippen molar-refractivity contribution in [3.63, 3.8) is 0 Å². The number of hydrogen-bond acceptors (Lipinski definition) is 3. The SMILES string of the molecule is CC(C)C(CN(C)C)NC1CCCCC1CN. The Hall–Kier alpha value is -0.120. The van der Waals surface area contributed by atoms with Crippen molar-refractivity contribution in [2.45, 2.75) is 51.6 Å². The molecule has 1 aliphatic carbocycles. The summed E-state index contributed by atoms with van der Waals surface area (Å²) in [4.78, 5) is 2.28. The first kappa shape index (κ1) is 14.9. The zero-order chi connectivity index (χ0) is 12.8. The van der Waals surface area contributed by atoms with Gasteiger partial charge in [-0.25, -0.2) is 0 Å². The van der Waals surface area contributed by atoms with Gasteiger partial charge in [-0.05, 0) is 45.3 Å². The van der Waals surface area contributed by atoms with Crippen LogP contribution in [-0.2, 0) is 0 Å². The van der Waals surface area contributed by atoms with E-state index in [9.17, 15) is 0 Å². The Labute approximate surface area is 107 Å². The Balaban J connectivity index is 2.51. The van der Waals surface area contributed by atoms with Crippen molar-refractivity contribution in [1.29, 1.82) is 0 Å². The van der Waals surface area contributed by atoms with Gasteiger partial charge in [0, 0.05) is 18.6 Å². The highest BCUT2D eigenvalue weighted by Gasteiger charge is 2.27. The van der Waals surface area contributed by atoms with Crippen molar-refractivity contribution in [3.05, 3.63) is 0 Å². The summed E-state index contributed by atoms with van der Waals surface area (Å²) in [5.74, 6) is 1.37. The molecule has 0 bridgehead atoms. The van der Waals surface area contributed by atoms with Crippen molar-refractivity contribution < 1.29 is 0 Å². The monoisotopic (exact) mass is 241 g/mol. The van der Waals surface area contributed by atoms with Crippen LogP contribution in [0.15, 0.2) is 0 Å². The Morgan fingerprint density at radius 3 is 2.41 bits per heavy atom. The molecule has 0 aromatic carbocycles. The number of likely N-dealkylation sites (N-methyl/N-ethyl adjacent to an activating group) is 1. The van der Waals surface area contributed by atoms with E-state index in [0.717, 1.165) is 13.1 Å². The molecule has 3 N–H and O–H groups in total. The van der Waals surface area contributed by atoms with Crippen LogP contribution < -0.4 is 11.1 Å². The van der Waals surface area contributed by atoms with Gasteiger partial charge in [0.05, 0.1) is 0 Å². The van der Waals surface area contributed by atoms with Gasteiger partial charge in [0.2, 0.25) is 0 Å². The van der Waals surface area contributed by atoms with E-state index in [1.807, 2.05) is 0 Å². The summed E-state index contributed by atoms with van der Waals surface area (Å²) in [6.45, 7) is 6.57. The van der Waals surface area contributed by atoms with Crippen LogP contribution in [0.4, 0.5) is 0 Å². The summed E-state index contributed by atoms with van der Waals surface area (Å²) >= 11 is 0. The van der Waals surface area contributed by atoms with Crippen LogP contribution in [0.25, 0.3) is 0 Å². The highest BCUT2D eigenvalue weighted by molar-refractivity contribution is 4.86. The summed E-state index contributed by atoms with van der Waals surface area (Å²) in [6.07, 6.45) is 5.33. The van der Waals surface area contributed by atoms with Crippen LogP contribution in [-0.4, -0.2) is 44.2 Å². The molecule has 0 amide bonds. The van der Waals surface area contributed by atoms with Gasteiger partial charge in [-0.1, -0.05) is 26.7 Å². The molecular weight excluding hydrogens is 210 g/mol. The van der Waals surface area contributed by atoms with E-state index >= 15 is 0 Å². The fourth-order valence-corrected chi connectivity index (χ4v) is 2.83. The van der Waals surface area contributed by atoms with E-state index in [1.54, 1.807) is 0 Å². The second-order valence-electron chi connectivity index (χ2n) is 6.17. The van der Waals surface area contributed by atoms with E-state index in [0.29, 0.717) is 23.9 Å². The summed E-state index contributed by atoms with van der Waals surface area (Å²) < 4.78 is 0. The molecule has 17 heavy (non-hydrogen) atoms. The quantitative estimate of drug-likeness (QED) is 0.743. The summed E-state index contributed by atoms with van der Waals surface area (Å²) in [5, 5.41) is 3.87. The lowest BCUT2D eigenvalue weighted by atomic mass is 9.83. The molecule has 3 heteroatoms. The molecule has 3 nitrogen and oxygen atoms in total. The molecule has 0 saturated heterocycles. The lowest BCUT2D eigenvalue weighted by Gasteiger charge is -2.37. The highest BCUT2D eigenvalue weighted by Crippen LogP contribution is 2.24. The third-order valence-corrected chi connectivity index (χ3v) is 4.01. The lowest BCUT2D eigenvalue weighted by molar-refractivity contribution is 0.203. The zero-order valence-electron chi connectivity index (χ0n) is 12.1. The summed E-state index contributed by atoms with van der Waals surface area (Å²) in [6, 6.07) is 1.23. The first-order valence-corrected chi connectivity index (χ1v) is 7.15. The first-order chi connectivity index (χ1) is 8.04. The van der Waals surface area contributed by atoms with Crippen molar-refractivity contribution in [3.8, 4) is 0 Å². The number of rotatable bonds is 6. The van der Waals surface area contributed by atoms with Gasteiger partial charge in [-0.15, -0.1) is 0 Å². The summed E-state index contributed by atoms with van der Waals surface area (Å²) in [7, 11) is 4.30.